The highest BCUT2D eigenvalue weighted by Crippen LogP contribution is 2.30. The SMILES string of the molecule is CCNC(=NCC(C)(C)c1ccccc1Br)NC1CCC(=O)N(C)C1.I. The molecule has 1 aromatic rings. The van der Waals surface area contributed by atoms with Crippen LogP contribution in [0, 0.1) is 0 Å². The summed E-state index contributed by atoms with van der Waals surface area (Å²) in [6, 6.07) is 8.54. The molecule has 0 aromatic heterocycles. The molecule has 1 saturated heterocycles. The zero-order chi connectivity index (χ0) is 18.4. The largest absolute Gasteiger partial charge is 0.357 e. The number of halogens is 2. The Morgan fingerprint density at radius 3 is 2.69 bits per heavy atom. The maximum atomic E-state index is 11.6. The van der Waals surface area contributed by atoms with E-state index in [1.807, 2.05) is 13.1 Å². The van der Waals surface area contributed by atoms with Crippen LogP contribution in [0.5, 0.6) is 0 Å². The van der Waals surface area contributed by atoms with Crippen molar-refractivity contribution >= 4 is 51.8 Å². The Bertz CT molecular complexity index is 636. The highest BCUT2D eigenvalue weighted by atomic mass is 127. The minimum absolute atomic E-state index is 0. The van der Waals surface area contributed by atoms with Crippen molar-refractivity contribution in [1.29, 1.82) is 0 Å². The summed E-state index contributed by atoms with van der Waals surface area (Å²) in [6.07, 6.45) is 1.44. The third-order valence-electron chi connectivity index (χ3n) is 4.55. The molecule has 0 saturated carbocycles. The van der Waals surface area contributed by atoms with Crippen molar-refractivity contribution < 1.29 is 4.79 Å². The zero-order valence-electron chi connectivity index (χ0n) is 16.0. The lowest BCUT2D eigenvalue weighted by atomic mass is 9.85. The van der Waals surface area contributed by atoms with Gasteiger partial charge in [0.2, 0.25) is 5.91 Å². The molecule has 5 nitrogen and oxygen atoms in total. The Kier molecular flexibility index (Phi) is 9.36. The van der Waals surface area contributed by atoms with E-state index in [0.29, 0.717) is 13.0 Å². The van der Waals surface area contributed by atoms with Gasteiger partial charge >= 0.3 is 0 Å². The van der Waals surface area contributed by atoms with Crippen molar-refractivity contribution in [3.05, 3.63) is 34.3 Å². The van der Waals surface area contributed by atoms with Gasteiger partial charge in [-0.3, -0.25) is 9.79 Å². The number of benzene rings is 1. The number of carbonyl (C=O) groups is 1. The number of carbonyl (C=O) groups excluding carboxylic acids is 1. The van der Waals surface area contributed by atoms with Gasteiger partial charge in [0.25, 0.3) is 0 Å². The predicted octanol–water partition coefficient (Wildman–Crippen LogP) is 3.52. The standard InChI is InChI=1S/C19H29BrN4O.HI/c1-5-21-18(23-14-10-11-17(25)24(4)12-14)22-13-19(2,3)15-8-6-7-9-16(15)20;/h6-9,14H,5,10-13H2,1-4H3,(H2,21,22,23);1H. The molecule has 146 valence electrons. The molecule has 1 aliphatic rings. The molecule has 7 heteroatoms. The molecule has 0 bridgehead atoms. The lowest BCUT2D eigenvalue weighted by Crippen LogP contribution is -2.52. The summed E-state index contributed by atoms with van der Waals surface area (Å²) in [5.74, 6) is 1.03. The molecule has 0 spiro atoms. The van der Waals surface area contributed by atoms with Crippen LogP contribution in [0.2, 0.25) is 0 Å². The zero-order valence-corrected chi connectivity index (χ0v) is 19.9. The van der Waals surface area contributed by atoms with Crippen LogP contribution in [0.25, 0.3) is 0 Å². The van der Waals surface area contributed by atoms with E-state index in [1.165, 1.54) is 5.56 Å². The van der Waals surface area contributed by atoms with E-state index in [1.54, 1.807) is 4.90 Å². The molecule has 26 heavy (non-hydrogen) atoms. The van der Waals surface area contributed by atoms with Crippen LogP contribution < -0.4 is 10.6 Å². The number of likely N-dealkylation sites (tertiary alicyclic amines) is 1. The van der Waals surface area contributed by atoms with Crippen molar-refractivity contribution in [2.75, 3.05) is 26.7 Å². The summed E-state index contributed by atoms with van der Waals surface area (Å²) >= 11 is 3.64. The first-order chi connectivity index (χ1) is 11.8. The van der Waals surface area contributed by atoms with Gasteiger partial charge in [0.05, 0.1) is 6.54 Å². The Morgan fingerprint density at radius 1 is 1.38 bits per heavy atom. The number of nitrogens with one attached hydrogen (secondary N) is 2. The second kappa shape index (κ2) is 10.5. The van der Waals surface area contributed by atoms with Gasteiger partial charge in [0.15, 0.2) is 5.96 Å². The molecule has 1 amide bonds. The molecule has 1 unspecified atom stereocenters. The molecule has 1 aromatic carbocycles. The van der Waals surface area contributed by atoms with Gasteiger partial charge < -0.3 is 15.5 Å². The van der Waals surface area contributed by atoms with Crippen LogP contribution in [-0.2, 0) is 10.2 Å². The molecule has 2 rings (SSSR count). The van der Waals surface area contributed by atoms with Gasteiger partial charge in [0.1, 0.15) is 0 Å². The maximum Gasteiger partial charge on any atom is 0.222 e. The Hall–Kier alpha value is -0.830. The highest BCUT2D eigenvalue weighted by Gasteiger charge is 2.25. The quantitative estimate of drug-likeness (QED) is 0.344. The minimum atomic E-state index is -0.0816. The summed E-state index contributed by atoms with van der Waals surface area (Å²) < 4.78 is 1.11. The summed E-state index contributed by atoms with van der Waals surface area (Å²) in [4.78, 5) is 18.2. The Balaban J connectivity index is 0.00000338. The number of likely N-dealkylation sites (N-methyl/N-ethyl adjacent to an activating group) is 1. The maximum absolute atomic E-state index is 11.6. The molecular formula is C19H30BrIN4O. The summed E-state index contributed by atoms with van der Waals surface area (Å²) in [5, 5.41) is 6.80. The molecule has 0 radical (unpaired) electrons. The number of guanidine groups is 1. The number of hydrogen-bond acceptors (Lipinski definition) is 2. The van der Waals surface area contributed by atoms with Crippen LogP contribution in [0.4, 0.5) is 0 Å². The average molecular weight is 537 g/mol. The van der Waals surface area contributed by atoms with Crippen molar-refractivity contribution in [2.45, 2.75) is 45.1 Å². The van der Waals surface area contributed by atoms with Gasteiger partial charge in [-0.05, 0) is 25.0 Å². The number of aliphatic imine (C=N–C) groups is 1. The lowest BCUT2D eigenvalue weighted by molar-refractivity contribution is -0.132. The predicted molar refractivity (Wildman–Crippen MR) is 122 cm³/mol. The van der Waals surface area contributed by atoms with E-state index in [4.69, 9.17) is 4.99 Å². The van der Waals surface area contributed by atoms with E-state index < -0.39 is 0 Å². The topological polar surface area (TPSA) is 56.7 Å². The van der Waals surface area contributed by atoms with Crippen LogP contribution in [0.15, 0.2) is 33.7 Å². The smallest absolute Gasteiger partial charge is 0.222 e. The molecule has 2 N–H and O–H groups in total. The van der Waals surface area contributed by atoms with Crippen LogP contribution in [0.1, 0.15) is 39.2 Å². The minimum Gasteiger partial charge on any atom is -0.357 e. The van der Waals surface area contributed by atoms with Crippen molar-refractivity contribution in [3.8, 4) is 0 Å². The first-order valence-electron chi connectivity index (χ1n) is 8.87. The first-order valence-corrected chi connectivity index (χ1v) is 9.66. The monoisotopic (exact) mass is 536 g/mol. The van der Waals surface area contributed by atoms with Gasteiger partial charge in [0, 0.05) is 42.5 Å². The second-order valence-electron chi connectivity index (χ2n) is 7.21. The van der Waals surface area contributed by atoms with Gasteiger partial charge in [-0.2, -0.15) is 0 Å². The van der Waals surface area contributed by atoms with Crippen LogP contribution in [-0.4, -0.2) is 49.5 Å². The fourth-order valence-electron chi connectivity index (χ4n) is 3.02. The molecule has 0 aliphatic carbocycles. The van der Waals surface area contributed by atoms with Crippen LogP contribution >= 0.6 is 39.9 Å². The van der Waals surface area contributed by atoms with E-state index in [-0.39, 0.29) is 41.3 Å². The summed E-state index contributed by atoms with van der Waals surface area (Å²) in [5.41, 5.74) is 1.17. The fraction of sp³-hybridized carbons (Fsp3) is 0.579. The normalized spacial score (nSPS) is 18.3. The fourth-order valence-corrected chi connectivity index (χ4v) is 3.84. The molecule has 1 atom stereocenters. The average Bonchev–Trinajstić information content (AvgIpc) is 2.56. The third-order valence-corrected chi connectivity index (χ3v) is 5.24. The number of hydrogen-bond donors (Lipinski definition) is 2. The number of piperidine rings is 1. The number of rotatable bonds is 5. The molecule has 1 fully saturated rings. The van der Waals surface area contributed by atoms with Crippen molar-refractivity contribution in [2.24, 2.45) is 4.99 Å². The first kappa shape index (κ1) is 23.2. The highest BCUT2D eigenvalue weighted by molar-refractivity contribution is 14.0. The van der Waals surface area contributed by atoms with E-state index in [0.717, 1.165) is 29.9 Å². The number of nitrogens with zero attached hydrogens (tertiary/aromatic N) is 2. The second-order valence-corrected chi connectivity index (χ2v) is 8.07. The molecule has 1 heterocycles. The molecular weight excluding hydrogens is 507 g/mol. The van der Waals surface area contributed by atoms with Crippen molar-refractivity contribution in [3.63, 3.8) is 0 Å². The van der Waals surface area contributed by atoms with Gasteiger partial charge in [-0.25, -0.2) is 0 Å². The Morgan fingerprint density at radius 2 is 2.08 bits per heavy atom. The van der Waals surface area contributed by atoms with E-state index in [9.17, 15) is 4.79 Å². The van der Waals surface area contributed by atoms with Crippen LogP contribution in [0.3, 0.4) is 0 Å². The third kappa shape index (κ3) is 6.40. The molecule has 1 aliphatic heterocycles. The van der Waals surface area contributed by atoms with E-state index >= 15 is 0 Å². The van der Waals surface area contributed by atoms with Gasteiger partial charge in [-0.1, -0.05) is 48.0 Å². The Labute approximate surface area is 182 Å². The van der Waals surface area contributed by atoms with Gasteiger partial charge in [-0.15, -0.1) is 24.0 Å². The lowest BCUT2D eigenvalue weighted by Gasteiger charge is -2.31. The van der Waals surface area contributed by atoms with E-state index in [2.05, 4.69) is 65.5 Å². The summed E-state index contributed by atoms with van der Waals surface area (Å²) in [6.45, 7) is 8.67. The van der Waals surface area contributed by atoms with Crippen molar-refractivity contribution in [1.82, 2.24) is 15.5 Å². The summed E-state index contributed by atoms with van der Waals surface area (Å²) in [7, 11) is 1.86. The number of amides is 1.